The van der Waals surface area contributed by atoms with Crippen LogP contribution >= 0.6 is 0 Å². The minimum Gasteiger partial charge on any atom is -0.465 e. The molecule has 2 aromatic heterocycles. The highest BCUT2D eigenvalue weighted by Gasteiger charge is 2.09. The van der Waals surface area contributed by atoms with Crippen LogP contribution in [0.1, 0.15) is 0 Å². The number of carboxylic acid groups (broad SMARTS) is 1. The molecule has 27 heavy (non-hydrogen) atoms. The van der Waals surface area contributed by atoms with Crippen LogP contribution in [0.15, 0.2) is 49.1 Å². The zero-order valence-corrected chi connectivity index (χ0v) is 14.3. The van der Waals surface area contributed by atoms with E-state index in [9.17, 15) is 9.59 Å². The fraction of sp³-hybridized carbons (Fsp3) is 0.118. The maximum Gasteiger partial charge on any atom is 0.409 e. The zero-order chi connectivity index (χ0) is 19.2. The number of nitrogens with zero attached hydrogens (tertiary/aromatic N) is 4. The first-order chi connectivity index (χ1) is 13.0. The van der Waals surface area contributed by atoms with E-state index in [2.05, 4.69) is 25.7 Å². The Morgan fingerprint density at radius 2 is 2.11 bits per heavy atom. The summed E-state index contributed by atoms with van der Waals surface area (Å²) in [6, 6.07) is 8.10. The molecule has 0 bridgehead atoms. The van der Waals surface area contributed by atoms with Gasteiger partial charge in [0.15, 0.2) is 0 Å². The monoisotopic (exact) mass is 368 g/mol. The van der Waals surface area contributed by atoms with Gasteiger partial charge in [-0.05, 0) is 12.1 Å². The van der Waals surface area contributed by atoms with Crippen molar-refractivity contribution in [3.05, 3.63) is 49.1 Å². The van der Waals surface area contributed by atoms with Crippen molar-refractivity contribution >= 4 is 17.7 Å². The Balaban J connectivity index is 1.76. The molecule has 0 atom stereocenters. The first-order valence-corrected chi connectivity index (χ1v) is 7.87. The van der Waals surface area contributed by atoms with Crippen molar-refractivity contribution in [2.75, 3.05) is 12.4 Å². The van der Waals surface area contributed by atoms with Gasteiger partial charge < -0.3 is 15.2 Å². The molecular formula is C17H16N6O4. The number of amides is 2. The number of benzene rings is 1. The molecule has 3 N–H and O–H groups in total. The van der Waals surface area contributed by atoms with Crippen molar-refractivity contribution in [1.82, 2.24) is 25.1 Å². The summed E-state index contributed by atoms with van der Waals surface area (Å²) in [7, 11) is 1.56. The van der Waals surface area contributed by atoms with Crippen molar-refractivity contribution < 1.29 is 19.4 Å². The summed E-state index contributed by atoms with van der Waals surface area (Å²) in [5.41, 5.74) is 1.65. The lowest BCUT2D eigenvalue weighted by Crippen LogP contribution is -2.23. The number of ether oxygens (including phenoxy) is 1. The maximum atomic E-state index is 11.4. The molecule has 0 unspecified atom stereocenters. The number of aromatic nitrogens is 4. The van der Waals surface area contributed by atoms with Gasteiger partial charge in [-0.15, -0.1) is 0 Å². The minimum absolute atomic E-state index is 0.105. The molecule has 0 saturated carbocycles. The Morgan fingerprint density at radius 1 is 1.26 bits per heavy atom. The summed E-state index contributed by atoms with van der Waals surface area (Å²) >= 11 is 0. The number of nitrogens with one attached hydrogen (secondary N) is 2. The molecule has 10 nitrogen and oxygen atoms in total. The van der Waals surface area contributed by atoms with E-state index in [0.29, 0.717) is 22.7 Å². The first kappa shape index (κ1) is 17.9. The van der Waals surface area contributed by atoms with E-state index in [1.54, 1.807) is 43.7 Å². The molecule has 1 aromatic carbocycles. The smallest absolute Gasteiger partial charge is 0.409 e. The van der Waals surface area contributed by atoms with Crippen LogP contribution < -0.4 is 15.4 Å². The highest BCUT2D eigenvalue weighted by molar-refractivity contribution is 5.83. The third kappa shape index (κ3) is 4.78. The summed E-state index contributed by atoms with van der Waals surface area (Å²) in [6.07, 6.45) is 3.47. The molecule has 0 radical (unpaired) electrons. The number of rotatable bonds is 6. The van der Waals surface area contributed by atoms with Gasteiger partial charge in [0.2, 0.25) is 11.8 Å². The molecule has 0 saturated heterocycles. The molecule has 10 heteroatoms. The Kier molecular flexibility index (Phi) is 5.26. The number of carbonyl (C=O) groups is 2. The van der Waals surface area contributed by atoms with Crippen molar-refractivity contribution in [1.29, 1.82) is 0 Å². The molecule has 0 aliphatic carbocycles. The maximum absolute atomic E-state index is 11.4. The van der Waals surface area contributed by atoms with Crippen LogP contribution in [0, 0.1) is 0 Å². The molecule has 2 heterocycles. The normalized spacial score (nSPS) is 10.3. The summed E-state index contributed by atoms with van der Waals surface area (Å²) < 4.78 is 7.17. The molecule has 0 fully saturated rings. The van der Waals surface area contributed by atoms with Gasteiger partial charge in [0.25, 0.3) is 0 Å². The Labute approximate surface area is 153 Å². The van der Waals surface area contributed by atoms with E-state index in [1.807, 2.05) is 0 Å². The lowest BCUT2D eigenvalue weighted by molar-refractivity contribution is -0.121. The molecular weight excluding hydrogens is 352 g/mol. The Morgan fingerprint density at radius 3 is 2.89 bits per heavy atom. The van der Waals surface area contributed by atoms with Gasteiger partial charge in [0.05, 0.1) is 11.9 Å². The predicted molar refractivity (Wildman–Crippen MR) is 95.5 cm³/mol. The predicted octanol–water partition coefficient (Wildman–Crippen LogP) is 1.97. The van der Waals surface area contributed by atoms with Gasteiger partial charge in [-0.2, -0.15) is 5.10 Å². The third-order valence-corrected chi connectivity index (χ3v) is 3.46. The Bertz CT molecular complexity index is 971. The van der Waals surface area contributed by atoms with E-state index in [1.165, 1.54) is 17.1 Å². The number of anilines is 1. The number of hydrogen-bond acceptors (Lipinski definition) is 6. The number of carbonyl (C=O) groups excluding carboxylic acids is 1. The van der Waals surface area contributed by atoms with E-state index in [0.717, 1.165) is 0 Å². The van der Waals surface area contributed by atoms with Crippen molar-refractivity contribution in [2.45, 2.75) is 6.54 Å². The molecule has 0 aliphatic heterocycles. The van der Waals surface area contributed by atoms with E-state index < -0.39 is 6.09 Å². The summed E-state index contributed by atoms with van der Waals surface area (Å²) in [5, 5.41) is 17.7. The lowest BCUT2D eigenvalue weighted by Gasteiger charge is -2.07. The van der Waals surface area contributed by atoms with Crippen LogP contribution in [0.5, 0.6) is 11.6 Å². The fourth-order valence-corrected chi connectivity index (χ4v) is 2.24. The van der Waals surface area contributed by atoms with Gasteiger partial charge in [-0.1, -0.05) is 6.07 Å². The summed E-state index contributed by atoms with van der Waals surface area (Å²) in [4.78, 5) is 30.4. The standard InChI is InChI=1S/C17H16N6O4/c1-18-15(24)9-23-8-11(7-21-23)14-6-16(20-10-19-14)27-13-4-2-3-12(5-13)22-17(25)26/h2-8,10,22H,9H2,1H3,(H,18,24)(H,25,26). The summed E-state index contributed by atoms with van der Waals surface area (Å²) in [5.74, 6) is 0.541. The second-order valence-corrected chi connectivity index (χ2v) is 5.40. The van der Waals surface area contributed by atoms with Gasteiger partial charge >= 0.3 is 6.09 Å². The second kappa shape index (κ2) is 7.95. The van der Waals surface area contributed by atoms with E-state index >= 15 is 0 Å². The topological polar surface area (TPSA) is 131 Å². The van der Waals surface area contributed by atoms with Crippen molar-refractivity contribution in [3.63, 3.8) is 0 Å². The van der Waals surface area contributed by atoms with E-state index in [-0.39, 0.29) is 18.3 Å². The van der Waals surface area contributed by atoms with Crippen LogP contribution in [-0.4, -0.2) is 43.9 Å². The third-order valence-electron chi connectivity index (χ3n) is 3.46. The molecule has 138 valence electrons. The Hall–Kier alpha value is -3.95. The molecule has 3 rings (SSSR count). The zero-order valence-electron chi connectivity index (χ0n) is 14.3. The lowest BCUT2D eigenvalue weighted by atomic mass is 10.2. The van der Waals surface area contributed by atoms with Gasteiger partial charge in [0, 0.05) is 36.6 Å². The molecule has 0 spiro atoms. The fourth-order valence-electron chi connectivity index (χ4n) is 2.24. The minimum atomic E-state index is -1.16. The first-order valence-electron chi connectivity index (χ1n) is 7.87. The average molecular weight is 368 g/mol. The van der Waals surface area contributed by atoms with Gasteiger partial charge in [-0.25, -0.2) is 14.8 Å². The van der Waals surface area contributed by atoms with Crippen molar-refractivity contribution in [3.8, 4) is 22.9 Å². The largest absolute Gasteiger partial charge is 0.465 e. The number of likely N-dealkylation sites (N-methyl/N-ethyl adjacent to an activating group) is 1. The van der Waals surface area contributed by atoms with Crippen LogP contribution in [0.4, 0.5) is 10.5 Å². The highest BCUT2D eigenvalue weighted by Crippen LogP contribution is 2.25. The van der Waals surface area contributed by atoms with Gasteiger partial charge in [0.1, 0.15) is 18.6 Å². The SMILES string of the molecule is CNC(=O)Cn1cc(-c2cc(Oc3cccc(NC(=O)O)c3)ncn2)cn1. The highest BCUT2D eigenvalue weighted by atomic mass is 16.5. The average Bonchev–Trinajstić information content (AvgIpc) is 3.10. The van der Waals surface area contributed by atoms with Gasteiger partial charge in [-0.3, -0.25) is 14.8 Å². The van der Waals surface area contributed by atoms with Crippen LogP contribution in [0.25, 0.3) is 11.3 Å². The van der Waals surface area contributed by atoms with Crippen LogP contribution in [-0.2, 0) is 11.3 Å². The second-order valence-electron chi connectivity index (χ2n) is 5.40. The molecule has 0 aliphatic rings. The quantitative estimate of drug-likeness (QED) is 0.606. The number of hydrogen-bond donors (Lipinski definition) is 3. The molecule has 3 aromatic rings. The van der Waals surface area contributed by atoms with Crippen LogP contribution in [0.3, 0.4) is 0 Å². The van der Waals surface area contributed by atoms with E-state index in [4.69, 9.17) is 9.84 Å². The van der Waals surface area contributed by atoms with Crippen molar-refractivity contribution in [2.24, 2.45) is 0 Å². The summed E-state index contributed by atoms with van der Waals surface area (Å²) in [6.45, 7) is 0.105. The molecule has 2 amide bonds. The van der Waals surface area contributed by atoms with Crippen LogP contribution in [0.2, 0.25) is 0 Å².